The van der Waals surface area contributed by atoms with Crippen LogP contribution in [0.4, 0.5) is 0 Å². The molecule has 1 saturated heterocycles. The maximum Gasteiger partial charge on any atom is 0.130 e. The number of aromatic nitrogens is 1. The quantitative estimate of drug-likeness (QED) is 0.875. The molecule has 0 radical (unpaired) electrons. The molecule has 1 N–H and O–H groups in total. The summed E-state index contributed by atoms with van der Waals surface area (Å²) in [5.74, 6) is 0.935. The third kappa shape index (κ3) is 2.24. The van der Waals surface area contributed by atoms with E-state index in [9.17, 15) is 0 Å². The number of pyridine rings is 1. The third-order valence-corrected chi connectivity index (χ3v) is 3.21. The molecular weight excluding hydrogens is 212 g/mol. The molecule has 0 amide bonds. The number of benzene rings is 1. The van der Waals surface area contributed by atoms with Crippen molar-refractivity contribution in [2.24, 2.45) is 0 Å². The second-order valence-electron chi connectivity index (χ2n) is 4.43. The Bertz CT molecular complexity index is 501. The van der Waals surface area contributed by atoms with Crippen LogP contribution < -0.4 is 10.1 Å². The van der Waals surface area contributed by atoms with Gasteiger partial charge in [-0.2, -0.15) is 0 Å². The van der Waals surface area contributed by atoms with Crippen LogP contribution in [-0.2, 0) is 0 Å². The van der Waals surface area contributed by atoms with E-state index >= 15 is 0 Å². The van der Waals surface area contributed by atoms with Crippen LogP contribution in [0, 0.1) is 0 Å². The summed E-state index contributed by atoms with van der Waals surface area (Å²) in [7, 11) is 0. The van der Waals surface area contributed by atoms with Gasteiger partial charge in [0, 0.05) is 17.6 Å². The largest absolute Gasteiger partial charge is 0.491 e. The first kappa shape index (κ1) is 10.5. The molecule has 3 rings (SSSR count). The van der Waals surface area contributed by atoms with Crippen molar-refractivity contribution in [1.29, 1.82) is 0 Å². The minimum atomic E-state index is 0.502. The van der Waals surface area contributed by atoms with Crippen molar-refractivity contribution < 1.29 is 4.74 Å². The standard InChI is InChI=1S/C14H16N2O/c1-2-6-13-12(5-1)14(7-9-16-13)17-10-11-4-3-8-15-11/h1-2,5-7,9,11,15H,3-4,8,10H2. The molecule has 3 nitrogen and oxygen atoms in total. The monoisotopic (exact) mass is 228 g/mol. The lowest BCUT2D eigenvalue weighted by Crippen LogP contribution is -2.28. The minimum Gasteiger partial charge on any atom is -0.491 e. The maximum absolute atomic E-state index is 5.90. The van der Waals surface area contributed by atoms with Crippen molar-refractivity contribution >= 4 is 10.9 Å². The highest BCUT2D eigenvalue weighted by Crippen LogP contribution is 2.23. The Balaban J connectivity index is 1.79. The van der Waals surface area contributed by atoms with E-state index < -0.39 is 0 Å². The summed E-state index contributed by atoms with van der Waals surface area (Å²) in [6.07, 6.45) is 4.27. The molecule has 88 valence electrons. The molecule has 2 heterocycles. The highest BCUT2D eigenvalue weighted by Gasteiger charge is 2.14. The van der Waals surface area contributed by atoms with Crippen LogP contribution in [0.1, 0.15) is 12.8 Å². The molecular formula is C14H16N2O. The van der Waals surface area contributed by atoms with Gasteiger partial charge in [0.2, 0.25) is 0 Å². The van der Waals surface area contributed by atoms with Crippen molar-refractivity contribution in [3.05, 3.63) is 36.5 Å². The van der Waals surface area contributed by atoms with Crippen LogP contribution in [0.2, 0.25) is 0 Å². The van der Waals surface area contributed by atoms with Gasteiger partial charge in [-0.3, -0.25) is 4.98 Å². The average Bonchev–Trinajstić information content (AvgIpc) is 2.89. The molecule has 17 heavy (non-hydrogen) atoms. The van der Waals surface area contributed by atoms with Gasteiger partial charge in [0.1, 0.15) is 12.4 Å². The first-order valence-corrected chi connectivity index (χ1v) is 6.13. The SMILES string of the molecule is c1ccc2c(OCC3CCCN3)ccnc2c1. The van der Waals surface area contributed by atoms with Crippen LogP contribution in [0.5, 0.6) is 5.75 Å². The molecule has 1 aromatic carbocycles. The van der Waals surface area contributed by atoms with Gasteiger partial charge in [0.15, 0.2) is 0 Å². The zero-order chi connectivity index (χ0) is 11.5. The Morgan fingerprint density at radius 3 is 3.12 bits per heavy atom. The maximum atomic E-state index is 5.90. The second-order valence-corrected chi connectivity index (χ2v) is 4.43. The van der Waals surface area contributed by atoms with Gasteiger partial charge < -0.3 is 10.1 Å². The van der Waals surface area contributed by atoms with Gasteiger partial charge in [-0.05, 0) is 37.6 Å². The van der Waals surface area contributed by atoms with Crippen molar-refractivity contribution in [2.75, 3.05) is 13.2 Å². The number of nitrogens with zero attached hydrogens (tertiary/aromatic N) is 1. The Morgan fingerprint density at radius 2 is 2.24 bits per heavy atom. The van der Waals surface area contributed by atoms with Crippen LogP contribution >= 0.6 is 0 Å². The average molecular weight is 228 g/mol. The first-order chi connectivity index (χ1) is 8.43. The summed E-state index contributed by atoms with van der Waals surface area (Å²) in [5, 5.41) is 4.53. The van der Waals surface area contributed by atoms with E-state index in [2.05, 4.69) is 16.4 Å². The molecule has 3 heteroatoms. The van der Waals surface area contributed by atoms with E-state index in [0.717, 1.165) is 29.8 Å². The van der Waals surface area contributed by atoms with E-state index in [-0.39, 0.29) is 0 Å². The Kier molecular flexibility index (Phi) is 2.92. The van der Waals surface area contributed by atoms with E-state index in [1.807, 2.05) is 24.3 Å². The Labute approximate surface area is 101 Å². The van der Waals surface area contributed by atoms with E-state index in [4.69, 9.17) is 4.74 Å². The summed E-state index contributed by atoms with van der Waals surface area (Å²) >= 11 is 0. The second kappa shape index (κ2) is 4.72. The lowest BCUT2D eigenvalue weighted by Gasteiger charge is -2.13. The normalized spacial score (nSPS) is 19.6. The minimum absolute atomic E-state index is 0.502. The van der Waals surface area contributed by atoms with Gasteiger partial charge in [-0.15, -0.1) is 0 Å². The number of fused-ring (bicyclic) bond motifs is 1. The van der Waals surface area contributed by atoms with Crippen molar-refractivity contribution in [3.8, 4) is 5.75 Å². The lowest BCUT2D eigenvalue weighted by atomic mass is 10.2. The smallest absolute Gasteiger partial charge is 0.130 e. The number of nitrogens with one attached hydrogen (secondary N) is 1. The summed E-state index contributed by atoms with van der Waals surface area (Å²) in [5.41, 5.74) is 0.990. The Hall–Kier alpha value is -1.61. The predicted octanol–water partition coefficient (Wildman–Crippen LogP) is 2.37. The zero-order valence-electron chi connectivity index (χ0n) is 9.73. The number of hydrogen-bond acceptors (Lipinski definition) is 3. The van der Waals surface area contributed by atoms with Crippen LogP contribution in [0.3, 0.4) is 0 Å². The molecule has 1 fully saturated rings. The zero-order valence-corrected chi connectivity index (χ0v) is 9.73. The number of hydrogen-bond donors (Lipinski definition) is 1. The van der Waals surface area contributed by atoms with Crippen LogP contribution in [0.15, 0.2) is 36.5 Å². The van der Waals surface area contributed by atoms with Gasteiger partial charge >= 0.3 is 0 Å². The summed E-state index contributed by atoms with van der Waals surface area (Å²) in [4.78, 5) is 4.33. The van der Waals surface area contributed by atoms with Crippen molar-refractivity contribution in [3.63, 3.8) is 0 Å². The molecule has 1 atom stereocenters. The molecule has 1 aromatic heterocycles. The van der Waals surface area contributed by atoms with Crippen molar-refractivity contribution in [1.82, 2.24) is 10.3 Å². The molecule has 0 saturated carbocycles. The molecule has 2 aromatic rings. The highest BCUT2D eigenvalue weighted by atomic mass is 16.5. The molecule has 0 bridgehead atoms. The topological polar surface area (TPSA) is 34.1 Å². The molecule has 0 spiro atoms. The van der Waals surface area contributed by atoms with Gasteiger partial charge in [0.25, 0.3) is 0 Å². The van der Waals surface area contributed by atoms with Gasteiger partial charge in [-0.1, -0.05) is 12.1 Å². The fraction of sp³-hybridized carbons (Fsp3) is 0.357. The number of rotatable bonds is 3. The third-order valence-electron chi connectivity index (χ3n) is 3.21. The summed E-state index contributed by atoms with van der Waals surface area (Å²) in [6, 6.07) is 10.5. The summed E-state index contributed by atoms with van der Waals surface area (Å²) < 4.78 is 5.90. The molecule has 1 aliphatic heterocycles. The number of ether oxygens (including phenoxy) is 1. The molecule has 1 unspecified atom stereocenters. The molecule has 1 aliphatic rings. The van der Waals surface area contributed by atoms with Gasteiger partial charge in [0.05, 0.1) is 5.52 Å². The molecule has 0 aliphatic carbocycles. The first-order valence-electron chi connectivity index (χ1n) is 6.13. The van der Waals surface area contributed by atoms with E-state index in [0.29, 0.717) is 6.04 Å². The predicted molar refractivity (Wildman–Crippen MR) is 68.3 cm³/mol. The van der Waals surface area contributed by atoms with Gasteiger partial charge in [-0.25, -0.2) is 0 Å². The van der Waals surface area contributed by atoms with E-state index in [1.165, 1.54) is 12.8 Å². The fourth-order valence-electron chi connectivity index (χ4n) is 2.28. The fourth-order valence-corrected chi connectivity index (χ4v) is 2.28. The highest BCUT2D eigenvalue weighted by molar-refractivity contribution is 5.84. The lowest BCUT2D eigenvalue weighted by molar-refractivity contribution is 0.280. The Morgan fingerprint density at radius 1 is 1.29 bits per heavy atom. The van der Waals surface area contributed by atoms with E-state index in [1.54, 1.807) is 6.20 Å². The van der Waals surface area contributed by atoms with Crippen LogP contribution in [-0.4, -0.2) is 24.2 Å². The van der Waals surface area contributed by atoms with Crippen LogP contribution in [0.25, 0.3) is 10.9 Å². The van der Waals surface area contributed by atoms with Crippen molar-refractivity contribution in [2.45, 2.75) is 18.9 Å². The number of para-hydroxylation sites is 1. The summed E-state index contributed by atoms with van der Waals surface area (Å²) in [6.45, 7) is 1.86.